The van der Waals surface area contributed by atoms with Crippen molar-refractivity contribution in [1.29, 1.82) is 0 Å². The van der Waals surface area contributed by atoms with Gasteiger partial charge in [-0.1, -0.05) is 34.5 Å². The van der Waals surface area contributed by atoms with Crippen molar-refractivity contribution in [3.05, 3.63) is 33.8 Å². The number of alkyl halides is 1. The van der Waals surface area contributed by atoms with Crippen molar-refractivity contribution in [3.63, 3.8) is 0 Å². The number of aryl methyl sites for hydroxylation is 1. The summed E-state index contributed by atoms with van der Waals surface area (Å²) in [5.41, 5.74) is 3.11. The number of hydrogen-bond donors (Lipinski definition) is 0. The first-order chi connectivity index (χ1) is 7.15. The second-order valence-electron chi connectivity index (χ2n) is 4.75. The highest BCUT2D eigenvalue weighted by molar-refractivity contribution is 9.10. The zero-order chi connectivity index (χ0) is 10.9. The SMILES string of the molecule is Cc1ccc(CC2(CCl)CCC2)cc1Br. The Balaban J connectivity index is 2.13. The van der Waals surface area contributed by atoms with Crippen molar-refractivity contribution >= 4 is 27.5 Å². The van der Waals surface area contributed by atoms with E-state index in [0.29, 0.717) is 5.41 Å². The standard InChI is InChI=1S/C13H16BrCl/c1-10-3-4-11(7-12(10)14)8-13(9-15)5-2-6-13/h3-4,7H,2,5-6,8-9H2,1H3. The van der Waals surface area contributed by atoms with Gasteiger partial charge in [-0.3, -0.25) is 0 Å². The Kier molecular flexibility index (Phi) is 3.42. The average molecular weight is 288 g/mol. The van der Waals surface area contributed by atoms with E-state index in [-0.39, 0.29) is 0 Å². The van der Waals surface area contributed by atoms with Gasteiger partial charge in [-0.2, -0.15) is 0 Å². The summed E-state index contributed by atoms with van der Waals surface area (Å²) in [6.45, 7) is 2.12. The lowest BCUT2D eigenvalue weighted by molar-refractivity contribution is 0.166. The van der Waals surface area contributed by atoms with Crippen LogP contribution in [0.3, 0.4) is 0 Å². The summed E-state index contributed by atoms with van der Waals surface area (Å²) in [6.07, 6.45) is 5.07. The summed E-state index contributed by atoms with van der Waals surface area (Å²) in [4.78, 5) is 0. The lowest BCUT2D eigenvalue weighted by atomic mass is 9.67. The van der Waals surface area contributed by atoms with Crippen LogP contribution < -0.4 is 0 Å². The van der Waals surface area contributed by atoms with Crippen LogP contribution in [0.2, 0.25) is 0 Å². The molecule has 0 aliphatic heterocycles. The Morgan fingerprint density at radius 3 is 2.60 bits per heavy atom. The van der Waals surface area contributed by atoms with E-state index in [1.807, 2.05) is 0 Å². The van der Waals surface area contributed by atoms with E-state index in [1.165, 1.54) is 34.9 Å². The smallest absolute Gasteiger partial charge is 0.0283 e. The Hall–Kier alpha value is -0.0100. The summed E-state index contributed by atoms with van der Waals surface area (Å²) >= 11 is 9.65. The predicted molar refractivity (Wildman–Crippen MR) is 69.6 cm³/mol. The summed E-state index contributed by atoms with van der Waals surface area (Å²) < 4.78 is 1.21. The molecule has 1 fully saturated rings. The van der Waals surface area contributed by atoms with Crippen molar-refractivity contribution in [1.82, 2.24) is 0 Å². The van der Waals surface area contributed by atoms with Crippen LogP contribution in [0.1, 0.15) is 30.4 Å². The monoisotopic (exact) mass is 286 g/mol. The van der Waals surface area contributed by atoms with E-state index in [9.17, 15) is 0 Å². The first-order valence-electron chi connectivity index (χ1n) is 5.46. The highest BCUT2D eigenvalue weighted by Gasteiger charge is 2.35. The summed E-state index contributed by atoms with van der Waals surface area (Å²) in [6, 6.07) is 6.65. The molecule has 0 aromatic heterocycles. The number of rotatable bonds is 3. The lowest BCUT2D eigenvalue weighted by Gasteiger charge is -2.40. The molecule has 0 atom stereocenters. The Morgan fingerprint density at radius 1 is 1.40 bits per heavy atom. The molecule has 0 unspecified atom stereocenters. The number of hydrogen-bond acceptors (Lipinski definition) is 0. The van der Waals surface area contributed by atoms with Crippen molar-refractivity contribution < 1.29 is 0 Å². The molecule has 0 amide bonds. The third-order valence-corrected chi connectivity index (χ3v) is 4.93. The maximum absolute atomic E-state index is 6.07. The fraction of sp³-hybridized carbons (Fsp3) is 0.538. The van der Waals surface area contributed by atoms with Crippen LogP contribution in [-0.4, -0.2) is 5.88 Å². The van der Waals surface area contributed by atoms with Gasteiger partial charge in [0.2, 0.25) is 0 Å². The average Bonchev–Trinajstić information content (AvgIpc) is 2.17. The molecule has 2 rings (SSSR count). The molecule has 82 valence electrons. The summed E-state index contributed by atoms with van der Waals surface area (Å²) in [7, 11) is 0. The van der Waals surface area contributed by atoms with Crippen LogP contribution in [0.5, 0.6) is 0 Å². The van der Waals surface area contributed by atoms with Crippen LogP contribution in [0.15, 0.2) is 22.7 Å². The highest BCUT2D eigenvalue weighted by atomic mass is 79.9. The number of halogens is 2. The molecule has 1 saturated carbocycles. The third kappa shape index (κ3) is 2.39. The molecule has 0 saturated heterocycles. The Labute approximate surface area is 105 Å². The van der Waals surface area contributed by atoms with E-state index in [2.05, 4.69) is 41.1 Å². The van der Waals surface area contributed by atoms with Crippen LogP contribution >= 0.6 is 27.5 Å². The first-order valence-corrected chi connectivity index (χ1v) is 6.79. The normalized spacial score (nSPS) is 18.6. The minimum Gasteiger partial charge on any atom is -0.126 e. The zero-order valence-electron chi connectivity index (χ0n) is 9.02. The largest absolute Gasteiger partial charge is 0.126 e. The van der Waals surface area contributed by atoms with Crippen molar-refractivity contribution in [2.24, 2.45) is 5.41 Å². The minimum absolute atomic E-state index is 0.399. The summed E-state index contributed by atoms with van der Waals surface area (Å²) in [5.74, 6) is 0.804. The molecule has 0 radical (unpaired) electrons. The van der Waals surface area contributed by atoms with E-state index in [0.717, 1.165) is 12.3 Å². The molecule has 0 nitrogen and oxygen atoms in total. The summed E-state index contributed by atoms with van der Waals surface area (Å²) in [5, 5.41) is 0. The quantitative estimate of drug-likeness (QED) is 0.706. The van der Waals surface area contributed by atoms with Gasteiger partial charge in [0.1, 0.15) is 0 Å². The zero-order valence-corrected chi connectivity index (χ0v) is 11.4. The Bertz CT molecular complexity index is 350. The van der Waals surface area contributed by atoms with E-state index in [4.69, 9.17) is 11.6 Å². The molecule has 0 spiro atoms. The third-order valence-electron chi connectivity index (χ3n) is 3.51. The second kappa shape index (κ2) is 4.47. The second-order valence-corrected chi connectivity index (χ2v) is 5.87. The molecule has 2 heteroatoms. The molecule has 0 heterocycles. The molecule has 1 aromatic rings. The van der Waals surface area contributed by atoms with Crippen LogP contribution in [0.25, 0.3) is 0 Å². The van der Waals surface area contributed by atoms with E-state index < -0.39 is 0 Å². The minimum atomic E-state index is 0.399. The van der Waals surface area contributed by atoms with Gasteiger partial charge in [-0.15, -0.1) is 11.6 Å². The van der Waals surface area contributed by atoms with E-state index in [1.54, 1.807) is 0 Å². The van der Waals surface area contributed by atoms with Gasteiger partial charge in [-0.05, 0) is 48.8 Å². The Morgan fingerprint density at radius 2 is 2.13 bits per heavy atom. The molecule has 1 aliphatic rings. The van der Waals surface area contributed by atoms with Gasteiger partial charge in [0, 0.05) is 10.4 Å². The van der Waals surface area contributed by atoms with Crippen molar-refractivity contribution in [2.75, 3.05) is 5.88 Å². The van der Waals surface area contributed by atoms with Gasteiger partial charge in [0.15, 0.2) is 0 Å². The van der Waals surface area contributed by atoms with Crippen LogP contribution in [0.4, 0.5) is 0 Å². The van der Waals surface area contributed by atoms with Crippen LogP contribution in [-0.2, 0) is 6.42 Å². The first kappa shape index (κ1) is 11.5. The maximum atomic E-state index is 6.07. The van der Waals surface area contributed by atoms with Gasteiger partial charge in [-0.25, -0.2) is 0 Å². The fourth-order valence-electron chi connectivity index (χ4n) is 2.21. The van der Waals surface area contributed by atoms with Crippen LogP contribution in [0, 0.1) is 12.3 Å². The van der Waals surface area contributed by atoms with E-state index >= 15 is 0 Å². The highest BCUT2D eigenvalue weighted by Crippen LogP contribution is 2.44. The fourth-order valence-corrected chi connectivity index (χ4v) is 3.00. The molecular formula is C13H16BrCl. The molecule has 1 aliphatic carbocycles. The lowest BCUT2D eigenvalue weighted by Crippen LogP contribution is -2.33. The molecular weight excluding hydrogens is 272 g/mol. The van der Waals surface area contributed by atoms with Crippen molar-refractivity contribution in [3.8, 4) is 0 Å². The predicted octanol–water partition coefficient (Wildman–Crippen LogP) is 4.71. The molecule has 0 N–H and O–H groups in total. The molecule has 15 heavy (non-hydrogen) atoms. The topological polar surface area (TPSA) is 0 Å². The van der Waals surface area contributed by atoms with Crippen molar-refractivity contribution in [2.45, 2.75) is 32.6 Å². The van der Waals surface area contributed by atoms with Gasteiger partial charge in [0.25, 0.3) is 0 Å². The molecule has 0 bridgehead atoms. The molecule has 1 aromatic carbocycles. The maximum Gasteiger partial charge on any atom is 0.0283 e. The number of benzene rings is 1. The van der Waals surface area contributed by atoms with Gasteiger partial charge >= 0.3 is 0 Å². The van der Waals surface area contributed by atoms with Gasteiger partial charge in [0.05, 0.1) is 0 Å². The van der Waals surface area contributed by atoms with Gasteiger partial charge < -0.3 is 0 Å².